The van der Waals surface area contributed by atoms with Crippen molar-refractivity contribution in [3.63, 3.8) is 0 Å². The molecule has 4 rings (SSSR count). The first-order chi connectivity index (χ1) is 12.8. The molecule has 0 N–H and O–H groups in total. The van der Waals surface area contributed by atoms with Crippen LogP contribution in [0.1, 0.15) is 28.5 Å². The first-order valence-corrected chi connectivity index (χ1v) is 9.79. The Labute approximate surface area is 157 Å². The molecule has 1 fully saturated rings. The van der Waals surface area contributed by atoms with E-state index in [1.807, 2.05) is 23.5 Å². The first-order valence-electron chi connectivity index (χ1n) is 8.98. The van der Waals surface area contributed by atoms with Crippen molar-refractivity contribution in [2.24, 2.45) is 0 Å². The van der Waals surface area contributed by atoms with Crippen molar-refractivity contribution in [1.82, 2.24) is 24.9 Å². The minimum absolute atomic E-state index is 0.611. The highest BCUT2D eigenvalue weighted by atomic mass is 32.1. The Morgan fingerprint density at radius 3 is 2.65 bits per heavy atom. The third kappa shape index (κ3) is 4.35. The topological polar surface area (TPSA) is 58.3 Å². The van der Waals surface area contributed by atoms with Gasteiger partial charge in [0.2, 0.25) is 11.7 Å². The highest BCUT2D eigenvalue weighted by Crippen LogP contribution is 2.22. The molecular formula is C19H23N5OS. The SMILES string of the molecule is CN(Cc1nc(-c2ccncc2)no1)Cc1ccc(CN2CCCC2)s1. The van der Waals surface area contributed by atoms with Gasteiger partial charge in [-0.25, -0.2) is 0 Å². The van der Waals surface area contributed by atoms with Crippen molar-refractivity contribution in [2.75, 3.05) is 20.1 Å². The molecule has 0 amide bonds. The Hall–Kier alpha value is -2.09. The molecule has 136 valence electrons. The minimum atomic E-state index is 0.611. The summed E-state index contributed by atoms with van der Waals surface area (Å²) in [6, 6.07) is 8.26. The average molecular weight is 369 g/mol. The average Bonchev–Trinajstić information content (AvgIpc) is 3.39. The second-order valence-corrected chi connectivity index (χ2v) is 8.02. The van der Waals surface area contributed by atoms with E-state index in [-0.39, 0.29) is 0 Å². The number of nitrogens with zero attached hydrogens (tertiary/aromatic N) is 5. The van der Waals surface area contributed by atoms with Crippen LogP contribution in [0, 0.1) is 0 Å². The lowest BCUT2D eigenvalue weighted by Gasteiger charge is -2.13. The lowest BCUT2D eigenvalue weighted by atomic mass is 10.2. The Kier molecular flexibility index (Phi) is 5.38. The fraction of sp³-hybridized carbons (Fsp3) is 0.421. The van der Waals surface area contributed by atoms with Gasteiger partial charge in [0.25, 0.3) is 0 Å². The standard InChI is InChI=1S/C19H23N5OS/c1-23(12-16-4-5-17(26-16)13-24-10-2-3-11-24)14-18-21-19(22-25-18)15-6-8-20-9-7-15/h4-9H,2-3,10-14H2,1H3. The number of likely N-dealkylation sites (tertiary alicyclic amines) is 1. The molecule has 0 atom stereocenters. The summed E-state index contributed by atoms with van der Waals surface area (Å²) in [6.07, 6.45) is 6.14. The van der Waals surface area contributed by atoms with Crippen LogP contribution in [0.15, 0.2) is 41.2 Å². The van der Waals surface area contributed by atoms with Crippen molar-refractivity contribution >= 4 is 11.3 Å². The molecular weight excluding hydrogens is 346 g/mol. The van der Waals surface area contributed by atoms with E-state index < -0.39 is 0 Å². The first kappa shape index (κ1) is 17.3. The molecule has 0 saturated carbocycles. The van der Waals surface area contributed by atoms with E-state index in [0.717, 1.165) is 18.7 Å². The highest BCUT2D eigenvalue weighted by Gasteiger charge is 2.14. The van der Waals surface area contributed by atoms with Gasteiger partial charge in [-0.1, -0.05) is 5.16 Å². The summed E-state index contributed by atoms with van der Waals surface area (Å²) in [5.41, 5.74) is 0.919. The smallest absolute Gasteiger partial charge is 0.241 e. The zero-order valence-corrected chi connectivity index (χ0v) is 15.8. The minimum Gasteiger partial charge on any atom is -0.338 e. The predicted molar refractivity (Wildman–Crippen MR) is 102 cm³/mol. The van der Waals surface area contributed by atoms with Gasteiger partial charge in [-0.05, 0) is 57.2 Å². The molecule has 0 unspecified atom stereocenters. The Balaban J connectivity index is 1.32. The summed E-state index contributed by atoms with van der Waals surface area (Å²) in [6.45, 7) is 5.09. The van der Waals surface area contributed by atoms with E-state index in [1.54, 1.807) is 12.4 Å². The molecule has 7 heteroatoms. The molecule has 0 aliphatic carbocycles. The normalized spacial score (nSPS) is 15.2. The fourth-order valence-corrected chi connectivity index (χ4v) is 4.38. The van der Waals surface area contributed by atoms with Crippen molar-refractivity contribution in [3.8, 4) is 11.4 Å². The van der Waals surface area contributed by atoms with E-state index in [0.29, 0.717) is 18.3 Å². The van der Waals surface area contributed by atoms with Crippen LogP contribution in [0.3, 0.4) is 0 Å². The van der Waals surface area contributed by atoms with E-state index in [2.05, 4.69) is 44.1 Å². The van der Waals surface area contributed by atoms with E-state index >= 15 is 0 Å². The molecule has 6 nitrogen and oxygen atoms in total. The van der Waals surface area contributed by atoms with Gasteiger partial charge in [0.05, 0.1) is 6.54 Å². The predicted octanol–water partition coefficient (Wildman–Crippen LogP) is 3.42. The summed E-state index contributed by atoms with van der Waals surface area (Å²) in [4.78, 5) is 16.1. The summed E-state index contributed by atoms with van der Waals surface area (Å²) in [7, 11) is 2.08. The maximum Gasteiger partial charge on any atom is 0.241 e. The van der Waals surface area contributed by atoms with Gasteiger partial charge >= 0.3 is 0 Å². The van der Waals surface area contributed by atoms with Gasteiger partial charge in [0, 0.05) is 40.8 Å². The zero-order chi connectivity index (χ0) is 17.8. The van der Waals surface area contributed by atoms with Crippen LogP contribution in [0.25, 0.3) is 11.4 Å². The number of rotatable bonds is 7. The third-order valence-corrected chi connectivity index (χ3v) is 5.59. The van der Waals surface area contributed by atoms with Crippen LogP contribution in [0.5, 0.6) is 0 Å². The van der Waals surface area contributed by atoms with Crippen LogP contribution in [-0.4, -0.2) is 45.1 Å². The van der Waals surface area contributed by atoms with Crippen molar-refractivity contribution in [1.29, 1.82) is 0 Å². The van der Waals surface area contributed by atoms with E-state index in [4.69, 9.17) is 4.52 Å². The molecule has 0 bridgehead atoms. The van der Waals surface area contributed by atoms with Crippen LogP contribution >= 0.6 is 11.3 Å². The lowest BCUT2D eigenvalue weighted by molar-refractivity contribution is 0.262. The molecule has 0 aromatic carbocycles. The van der Waals surface area contributed by atoms with Gasteiger partial charge in [-0.2, -0.15) is 4.98 Å². The number of thiophene rings is 1. The van der Waals surface area contributed by atoms with Crippen LogP contribution in [-0.2, 0) is 19.6 Å². The zero-order valence-electron chi connectivity index (χ0n) is 15.0. The van der Waals surface area contributed by atoms with E-state index in [9.17, 15) is 0 Å². The number of hydrogen-bond acceptors (Lipinski definition) is 7. The molecule has 3 aromatic heterocycles. The van der Waals surface area contributed by atoms with Crippen molar-refractivity contribution < 1.29 is 4.52 Å². The molecule has 1 saturated heterocycles. The number of aromatic nitrogens is 3. The second kappa shape index (κ2) is 8.07. The van der Waals surface area contributed by atoms with Crippen LogP contribution in [0.4, 0.5) is 0 Å². The largest absolute Gasteiger partial charge is 0.338 e. The van der Waals surface area contributed by atoms with Gasteiger partial charge < -0.3 is 4.52 Å². The molecule has 0 spiro atoms. The molecule has 3 aromatic rings. The maximum atomic E-state index is 5.39. The van der Waals surface area contributed by atoms with E-state index in [1.165, 1.54) is 35.7 Å². The third-order valence-electron chi connectivity index (χ3n) is 4.53. The van der Waals surface area contributed by atoms with Crippen LogP contribution < -0.4 is 0 Å². The van der Waals surface area contributed by atoms with Crippen molar-refractivity contribution in [3.05, 3.63) is 52.3 Å². The molecule has 1 aliphatic rings. The summed E-state index contributed by atoms with van der Waals surface area (Å²) < 4.78 is 5.39. The molecule has 1 aliphatic heterocycles. The van der Waals surface area contributed by atoms with Gasteiger partial charge in [0.15, 0.2) is 0 Å². The van der Waals surface area contributed by atoms with Crippen LogP contribution in [0.2, 0.25) is 0 Å². The summed E-state index contributed by atoms with van der Waals surface area (Å²) >= 11 is 1.90. The summed E-state index contributed by atoms with van der Waals surface area (Å²) in [5, 5.41) is 4.06. The Morgan fingerprint density at radius 1 is 1.08 bits per heavy atom. The highest BCUT2D eigenvalue weighted by molar-refractivity contribution is 7.11. The number of hydrogen-bond donors (Lipinski definition) is 0. The second-order valence-electron chi connectivity index (χ2n) is 6.77. The lowest BCUT2D eigenvalue weighted by Crippen LogP contribution is -2.17. The summed E-state index contributed by atoms with van der Waals surface area (Å²) in [5.74, 6) is 1.24. The Bertz CT molecular complexity index is 825. The fourth-order valence-electron chi connectivity index (χ4n) is 3.24. The molecule has 26 heavy (non-hydrogen) atoms. The quantitative estimate of drug-likeness (QED) is 0.636. The van der Waals surface area contributed by atoms with Gasteiger partial charge in [-0.3, -0.25) is 14.8 Å². The maximum absolute atomic E-state index is 5.39. The van der Waals surface area contributed by atoms with Gasteiger partial charge in [0.1, 0.15) is 0 Å². The van der Waals surface area contributed by atoms with Crippen molar-refractivity contribution in [2.45, 2.75) is 32.5 Å². The van der Waals surface area contributed by atoms with Gasteiger partial charge in [-0.15, -0.1) is 11.3 Å². The monoisotopic (exact) mass is 369 g/mol. The molecule has 4 heterocycles. The Morgan fingerprint density at radius 2 is 1.85 bits per heavy atom. The number of pyridine rings is 1. The molecule has 0 radical (unpaired) electrons.